The summed E-state index contributed by atoms with van der Waals surface area (Å²) in [4.78, 5) is 3.08. The van der Waals surface area contributed by atoms with E-state index in [-0.39, 0.29) is 5.96 Å². The molecule has 0 aliphatic carbocycles. The van der Waals surface area contributed by atoms with E-state index in [4.69, 9.17) is 23.1 Å². The van der Waals surface area contributed by atoms with E-state index in [0.717, 1.165) is 16.5 Å². The lowest BCUT2D eigenvalue weighted by Gasteiger charge is -1.92. The molecule has 16 heavy (non-hydrogen) atoms. The van der Waals surface area contributed by atoms with Crippen LogP contribution in [0, 0.1) is 0 Å². The van der Waals surface area contributed by atoms with Crippen molar-refractivity contribution in [3.8, 4) is 0 Å². The van der Waals surface area contributed by atoms with Crippen LogP contribution < -0.4 is 11.5 Å². The summed E-state index contributed by atoms with van der Waals surface area (Å²) in [7, 11) is 0. The number of nitrogens with zero attached hydrogens (tertiary/aromatic N) is 2. The first kappa shape index (κ1) is 10.5. The van der Waals surface area contributed by atoms with Gasteiger partial charge in [-0.1, -0.05) is 17.7 Å². The van der Waals surface area contributed by atoms with E-state index < -0.39 is 0 Å². The van der Waals surface area contributed by atoms with Crippen LogP contribution >= 0.6 is 11.6 Å². The number of aromatic nitrogens is 1. The van der Waals surface area contributed by atoms with Crippen LogP contribution in [0.15, 0.2) is 34.6 Å². The molecule has 5 nitrogen and oxygen atoms in total. The minimum absolute atomic E-state index is 0.0702. The van der Waals surface area contributed by atoms with Crippen LogP contribution in [-0.2, 0) is 0 Å². The summed E-state index contributed by atoms with van der Waals surface area (Å²) in [5.41, 5.74) is 12.1. The van der Waals surface area contributed by atoms with Gasteiger partial charge < -0.3 is 16.5 Å². The lowest BCUT2D eigenvalue weighted by molar-refractivity contribution is 1.22. The van der Waals surface area contributed by atoms with E-state index in [1.54, 1.807) is 6.21 Å². The number of benzene rings is 1. The van der Waals surface area contributed by atoms with Crippen molar-refractivity contribution >= 4 is 34.7 Å². The molecule has 2 rings (SSSR count). The van der Waals surface area contributed by atoms with Gasteiger partial charge in [-0.2, -0.15) is 5.10 Å². The molecule has 1 heterocycles. The molecule has 0 saturated heterocycles. The van der Waals surface area contributed by atoms with E-state index >= 15 is 0 Å². The largest absolute Gasteiger partial charge is 0.369 e. The Kier molecular flexibility index (Phi) is 2.78. The molecule has 0 aliphatic rings. The highest BCUT2D eigenvalue weighted by atomic mass is 35.5. The van der Waals surface area contributed by atoms with Gasteiger partial charge in [-0.25, -0.2) is 0 Å². The summed E-state index contributed by atoms with van der Waals surface area (Å²) in [5, 5.41) is 8.97. The van der Waals surface area contributed by atoms with Gasteiger partial charge in [0.25, 0.3) is 0 Å². The van der Waals surface area contributed by atoms with Crippen LogP contribution in [0.2, 0.25) is 5.02 Å². The van der Waals surface area contributed by atoms with Crippen molar-refractivity contribution in [2.24, 2.45) is 21.7 Å². The second kappa shape index (κ2) is 4.24. The molecule has 0 atom stereocenters. The van der Waals surface area contributed by atoms with Crippen molar-refractivity contribution < 1.29 is 0 Å². The monoisotopic (exact) mass is 235 g/mol. The van der Waals surface area contributed by atoms with Gasteiger partial charge in [0.15, 0.2) is 0 Å². The Bertz CT molecular complexity index is 566. The molecule has 0 spiro atoms. The normalized spacial score (nSPS) is 11.1. The first-order chi connectivity index (χ1) is 7.66. The van der Waals surface area contributed by atoms with Crippen molar-refractivity contribution in [2.45, 2.75) is 0 Å². The maximum atomic E-state index is 5.87. The van der Waals surface area contributed by atoms with Crippen LogP contribution in [0.1, 0.15) is 5.56 Å². The quantitative estimate of drug-likeness (QED) is 0.417. The molecule has 1 aromatic carbocycles. The molecule has 6 heteroatoms. The molecule has 0 aliphatic heterocycles. The van der Waals surface area contributed by atoms with Gasteiger partial charge in [0.2, 0.25) is 5.96 Å². The number of aromatic amines is 1. The van der Waals surface area contributed by atoms with Crippen molar-refractivity contribution in [1.82, 2.24) is 4.98 Å². The predicted octanol–water partition coefficient (Wildman–Crippen LogP) is 1.43. The maximum Gasteiger partial charge on any atom is 0.211 e. The highest BCUT2D eigenvalue weighted by molar-refractivity contribution is 6.31. The number of hydrogen-bond acceptors (Lipinski definition) is 2. The highest BCUT2D eigenvalue weighted by Crippen LogP contribution is 2.20. The van der Waals surface area contributed by atoms with Gasteiger partial charge in [0.05, 0.1) is 6.21 Å². The average molecular weight is 236 g/mol. The number of halogens is 1. The molecule has 0 radical (unpaired) electrons. The second-order valence-corrected chi connectivity index (χ2v) is 3.64. The molecule has 2 aromatic rings. The fraction of sp³-hybridized carbons (Fsp3) is 0. The fourth-order valence-corrected chi connectivity index (χ4v) is 1.56. The Hall–Kier alpha value is -2.01. The van der Waals surface area contributed by atoms with E-state index in [2.05, 4.69) is 15.2 Å². The van der Waals surface area contributed by atoms with E-state index in [9.17, 15) is 0 Å². The Morgan fingerprint density at radius 1 is 1.38 bits per heavy atom. The lowest BCUT2D eigenvalue weighted by atomic mass is 10.2. The molecular formula is C10H10ClN5. The van der Waals surface area contributed by atoms with Gasteiger partial charge >= 0.3 is 0 Å². The van der Waals surface area contributed by atoms with Crippen LogP contribution in [0.5, 0.6) is 0 Å². The zero-order chi connectivity index (χ0) is 11.5. The number of guanidine groups is 1. The summed E-state index contributed by atoms with van der Waals surface area (Å²) < 4.78 is 0. The van der Waals surface area contributed by atoms with Crippen molar-refractivity contribution in [3.05, 3.63) is 35.0 Å². The number of nitrogens with one attached hydrogen (secondary N) is 1. The SMILES string of the molecule is NC(N)=N/N=C/c1c[nH]c2cc(Cl)ccc12. The van der Waals surface area contributed by atoms with E-state index in [1.807, 2.05) is 24.4 Å². The second-order valence-electron chi connectivity index (χ2n) is 3.20. The first-order valence-corrected chi connectivity index (χ1v) is 4.93. The number of H-pyrrole nitrogens is 1. The molecular weight excluding hydrogens is 226 g/mol. The van der Waals surface area contributed by atoms with Crippen LogP contribution in [0.4, 0.5) is 0 Å². The highest BCUT2D eigenvalue weighted by Gasteiger charge is 2.01. The van der Waals surface area contributed by atoms with E-state index in [0.29, 0.717) is 5.02 Å². The van der Waals surface area contributed by atoms with Crippen LogP contribution in [0.25, 0.3) is 10.9 Å². The smallest absolute Gasteiger partial charge is 0.211 e. The minimum atomic E-state index is -0.0702. The van der Waals surface area contributed by atoms with Gasteiger partial charge in [-0.3, -0.25) is 0 Å². The standard InChI is InChI=1S/C10H10ClN5/c11-7-1-2-8-6(4-14-9(8)3-7)5-15-16-10(12)13/h1-5,14H,(H4,12,13,16)/b15-5+. The van der Waals surface area contributed by atoms with Crippen LogP contribution in [-0.4, -0.2) is 17.2 Å². The lowest BCUT2D eigenvalue weighted by Crippen LogP contribution is -2.21. The number of fused-ring (bicyclic) bond motifs is 1. The zero-order valence-electron chi connectivity index (χ0n) is 8.31. The number of hydrogen-bond donors (Lipinski definition) is 3. The number of rotatable bonds is 2. The molecule has 82 valence electrons. The van der Waals surface area contributed by atoms with Gasteiger partial charge in [-0.15, -0.1) is 5.10 Å². The molecule has 0 fully saturated rings. The minimum Gasteiger partial charge on any atom is -0.369 e. The maximum absolute atomic E-state index is 5.87. The summed E-state index contributed by atoms with van der Waals surface area (Å²) in [6.07, 6.45) is 3.39. The Morgan fingerprint density at radius 2 is 2.19 bits per heavy atom. The van der Waals surface area contributed by atoms with Gasteiger partial charge in [0.1, 0.15) is 0 Å². The molecule has 1 aromatic heterocycles. The Balaban J connectivity index is 2.39. The summed E-state index contributed by atoms with van der Waals surface area (Å²) in [5.74, 6) is -0.0702. The topological polar surface area (TPSA) is 92.6 Å². The Labute approximate surface area is 96.8 Å². The summed E-state index contributed by atoms with van der Waals surface area (Å²) >= 11 is 5.87. The summed E-state index contributed by atoms with van der Waals surface area (Å²) in [6.45, 7) is 0. The third-order valence-electron chi connectivity index (χ3n) is 2.05. The molecule has 0 unspecified atom stereocenters. The van der Waals surface area contributed by atoms with Crippen molar-refractivity contribution in [1.29, 1.82) is 0 Å². The van der Waals surface area contributed by atoms with Crippen molar-refractivity contribution in [3.63, 3.8) is 0 Å². The van der Waals surface area contributed by atoms with Crippen LogP contribution in [0.3, 0.4) is 0 Å². The molecule has 0 saturated carbocycles. The van der Waals surface area contributed by atoms with Gasteiger partial charge in [-0.05, 0) is 12.1 Å². The predicted molar refractivity (Wildman–Crippen MR) is 66.7 cm³/mol. The Morgan fingerprint density at radius 3 is 2.94 bits per heavy atom. The van der Waals surface area contributed by atoms with E-state index in [1.165, 1.54) is 0 Å². The zero-order valence-corrected chi connectivity index (χ0v) is 9.07. The van der Waals surface area contributed by atoms with Gasteiger partial charge in [0, 0.05) is 27.7 Å². The molecule has 0 bridgehead atoms. The third kappa shape index (κ3) is 2.14. The third-order valence-corrected chi connectivity index (χ3v) is 2.28. The molecule has 5 N–H and O–H groups in total. The molecule has 0 amide bonds. The average Bonchev–Trinajstić information content (AvgIpc) is 2.60. The summed E-state index contributed by atoms with van der Waals surface area (Å²) in [6, 6.07) is 5.56. The number of nitrogens with two attached hydrogens (primary N) is 2. The van der Waals surface area contributed by atoms with Crippen molar-refractivity contribution in [2.75, 3.05) is 0 Å². The fourth-order valence-electron chi connectivity index (χ4n) is 1.39. The first-order valence-electron chi connectivity index (χ1n) is 4.55.